The summed E-state index contributed by atoms with van der Waals surface area (Å²) in [5, 5.41) is 6.61. The fourth-order valence-electron chi connectivity index (χ4n) is 2.13. The number of nitrogens with zero attached hydrogens (tertiary/aromatic N) is 2. The number of hydrogen-bond donors (Lipinski definition) is 2. The number of amides is 1. The molecule has 1 heterocycles. The largest absolute Gasteiger partial charge is 0.383 e. The zero-order valence-electron chi connectivity index (χ0n) is 13.8. The first-order valence-corrected chi connectivity index (χ1v) is 8.07. The third-order valence-electron chi connectivity index (χ3n) is 3.26. The number of rotatable bonds is 8. The lowest BCUT2D eigenvalue weighted by Crippen LogP contribution is -2.28. The van der Waals surface area contributed by atoms with Crippen LogP contribution in [0.3, 0.4) is 0 Å². The summed E-state index contributed by atoms with van der Waals surface area (Å²) in [4.78, 5) is 20.6. The average molecular weight is 349 g/mol. The second kappa shape index (κ2) is 9.20. The second-order valence-electron chi connectivity index (χ2n) is 5.27. The van der Waals surface area contributed by atoms with Crippen molar-refractivity contribution in [3.05, 3.63) is 52.3 Å². The van der Waals surface area contributed by atoms with Crippen molar-refractivity contribution in [2.45, 2.75) is 13.3 Å². The number of aryl methyl sites for hydroxylation is 1. The van der Waals surface area contributed by atoms with Gasteiger partial charge in [0.15, 0.2) is 0 Å². The summed E-state index contributed by atoms with van der Waals surface area (Å²) in [7, 11) is 1.59. The van der Waals surface area contributed by atoms with Crippen LogP contribution < -0.4 is 10.6 Å². The minimum atomic E-state index is -0.240. The van der Waals surface area contributed by atoms with Crippen LogP contribution in [0.25, 0.3) is 0 Å². The molecule has 0 bridgehead atoms. The Morgan fingerprint density at radius 3 is 2.83 bits per heavy atom. The average Bonchev–Trinajstić information content (AvgIpc) is 2.54. The van der Waals surface area contributed by atoms with Crippen LogP contribution in [0, 0.1) is 6.92 Å². The first kappa shape index (κ1) is 18.2. The molecule has 0 aliphatic carbocycles. The van der Waals surface area contributed by atoms with E-state index < -0.39 is 0 Å². The van der Waals surface area contributed by atoms with Crippen molar-refractivity contribution in [2.75, 3.05) is 32.1 Å². The van der Waals surface area contributed by atoms with Gasteiger partial charge in [0.2, 0.25) is 5.95 Å². The number of aromatic nitrogens is 2. The van der Waals surface area contributed by atoms with Gasteiger partial charge in [-0.3, -0.25) is 4.79 Å². The van der Waals surface area contributed by atoms with Gasteiger partial charge in [0.25, 0.3) is 5.91 Å². The Morgan fingerprint density at radius 2 is 2.08 bits per heavy atom. The normalized spacial score (nSPS) is 10.5. The number of hydrogen-bond acceptors (Lipinski definition) is 5. The van der Waals surface area contributed by atoms with Crippen molar-refractivity contribution < 1.29 is 9.53 Å². The van der Waals surface area contributed by atoms with E-state index in [2.05, 4.69) is 20.6 Å². The molecule has 7 heteroatoms. The Labute approximate surface area is 146 Å². The summed E-state index contributed by atoms with van der Waals surface area (Å²) in [6, 6.07) is 9.36. The minimum Gasteiger partial charge on any atom is -0.383 e. The van der Waals surface area contributed by atoms with Crippen LogP contribution in [0.15, 0.2) is 30.3 Å². The molecule has 0 saturated carbocycles. The summed E-state index contributed by atoms with van der Waals surface area (Å²) >= 11 is 5.97. The van der Waals surface area contributed by atoms with Gasteiger partial charge in [-0.05, 0) is 37.1 Å². The highest BCUT2D eigenvalue weighted by molar-refractivity contribution is 6.30. The molecule has 6 nitrogen and oxygen atoms in total. The van der Waals surface area contributed by atoms with Gasteiger partial charge in [0.05, 0.1) is 6.61 Å². The van der Waals surface area contributed by atoms with Crippen molar-refractivity contribution in [2.24, 2.45) is 0 Å². The van der Waals surface area contributed by atoms with Crippen molar-refractivity contribution >= 4 is 23.5 Å². The molecule has 0 unspecified atom stereocenters. The Morgan fingerprint density at radius 1 is 1.25 bits per heavy atom. The van der Waals surface area contributed by atoms with Crippen molar-refractivity contribution in [3.8, 4) is 0 Å². The Balaban J connectivity index is 1.94. The summed E-state index contributed by atoms with van der Waals surface area (Å²) in [6.07, 6.45) is 0.785. The van der Waals surface area contributed by atoms with Gasteiger partial charge < -0.3 is 15.4 Å². The number of halogens is 1. The van der Waals surface area contributed by atoms with E-state index in [-0.39, 0.29) is 5.91 Å². The number of methoxy groups -OCH3 is 1. The zero-order valence-corrected chi connectivity index (χ0v) is 14.6. The predicted molar refractivity (Wildman–Crippen MR) is 94.6 cm³/mol. The fraction of sp³-hybridized carbons (Fsp3) is 0.353. The highest BCUT2D eigenvalue weighted by Crippen LogP contribution is 2.11. The number of nitrogens with one attached hydrogen (secondary N) is 2. The van der Waals surface area contributed by atoms with Gasteiger partial charge in [-0.2, -0.15) is 0 Å². The number of anilines is 1. The van der Waals surface area contributed by atoms with E-state index in [0.29, 0.717) is 36.4 Å². The van der Waals surface area contributed by atoms with Crippen LogP contribution in [0.4, 0.5) is 5.95 Å². The van der Waals surface area contributed by atoms with E-state index in [1.165, 1.54) is 0 Å². The third kappa shape index (κ3) is 5.79. The highest BCUT2D eigenvalue weighted by Gasteiger charge is 2.10. The second-order valence-corrected chi connectivity index (χ2v) is 5.71. The Hall–Kier alpha value is -2.18. The van der Waals surface area contributed by atoms with Crippen LogP contribution in [0.2, 0.25) is 5.02 Å². The van der Waals surface area contributed by atoms with Gasteiger partial charge in [0.1, 0.15) is 5.69 Å². The molecular formula is C17H21ClN4O2. The van der Waals surface area contributed by atoms with E-state index in [9.17, 15) is 4.79 Å². The molecule has 0 aliphatic heterocycles. The standard InChI is InChI=1S/C17H21ClN4O2/c1-12-10-15(16(23)19-8-9-24-2)22-17(21-12)20-7-6-13-4-3-5-14(18)11-13/h3-5,10-11H,6-9H2,1-2H3,(H,19,23)(H,20,21,22). The van der Waals surface area contributed by atoms with Crippen LogP contribution in [-0.2, 0) is 11.2 Å². The monoisotopic (exact) mass is 348 g/mol. The van der Waals surface area contributed by atoms with E-state index in [0.717, 1.165) is 17.7 Å². The lowest BCUT2D eigenvalue weighted by atomic mass is 10.1. The van der Waals surface area contributed by atoms with Gasteiger partial charge in [-0.15, -0.1) is 0 Å². The maximum Gasteiger partial charge on any atom is 0.270 e. The quantitative estimate of drug-likeness (QED) is 0.717. The number of benzene rings is 1. The van der Waals surface area contributed by atoms with Gasteiger partial charge in [-0.25, -0.2) is 9.97 Å². The molecule has 0 spiro atoms. The molecule has 0 saturated heterocycles. The molecular weight excluding hydrogens is 328 g/mol. The molecule has 0 atom stereocenters. The molecule has 1 aromatic heterocycles. The highest BCUT2D eigenvalue weighted by atomic mass is 35.5. The smallest absolute Gasteiger partial charge is 0.270 e. The van der Waals surface area contributed by atoms with Crippen LogP contribution >= 0.6 is 11.6 Å². The van der Waals surface area contributed by atoms with Gasteiger partial charge in [-0.1, -0.05) is 23.7 Å². The summed E-state index contributed by atoms with van der Waals surface area (Å²) in [5.41, 5.74) is 2.19. The van der Waals surface area contributed by atoms with E-state index in [1.807, 2.05) is 31.2 Å². The number of ether oxygens (including phenoxy) is 1. The maximum atomic E-state index is 12.1. The number of carbonyl (C=O) groups excluding carboxylic acids is 1. The first-order valence-electron chi connectivity index (χ1n) is 7.69. The van der Waals surface area contributed by atoms with Crippen LogP contribution in [0.5, 0.6) is 0 Å². The summed E-state index contributed by atoms with van der Waals surface area (Å²) < 4.78 is 4.91. The maximum absolute atomic E-state index is 12.1. The molecule has 2 aromatic rings. The molecule has 0 radical (unpaired) electrons. The first-order chi connectivity index (χ1) is 11.6. The molecule has 2 N–H and O–H groups in total. The van der Waals surface area contributed by atoms with E-state index in [1.54, 1.807) is 13.2 Å². The number of carbonyl (C=O) groups is 1. The minimum absolute atomic E-state index is 0.240. The van der Waals surface area contributed by atoms with E-state index in [4.69, 9.17) is 16.3 Å². The summed E-state index contributed by atoms with van der Waals surface area (Å²) in [6.45, 7) is 3.38. The van der Waals surface area contributed by atoms with Gasteiger partial charge in [0, 0.05) is 30.9 Å². The fourth-order valence-corrected chi connectivity index (χ4v) is 2.35. The SMILES string of the molecule is COCCNC(=O)c1cc(C)nc(NCCc2cccc(Cl)c2)n1. The Bertz CT molecular complexity index is 694. The molecule has 1 amide bonds. The topological polar surface area (TPSA) is 76.1 Å². The van der Waals surface area contributed by atoms with Gasteiger partial charge >= 0.3 is 0 Å². The Kier molecular flexibility index (Phi) is 6.96. The predicted octanol–water partition coefficient (Wildman–Crippen LogP) is 2.47. The molecule has 2 rings (SSSR count). The molecule has 24 heavy (non-hydrogen) atoms. The van der Waals surface area contributed by atoms with Crippen LogP contribution in [-0.4, -0.2) is 42.7 Å². The molecule has 128 valence electrons. The molecule has 0 aliphatic rings. The van der Waals surface area contributed by atoms with Crippen LogP contribution in [0.1, 0.15) is 21.7 Å². The summed E-state index contributed by atoms with van der Waals surface area (Å²) in [5.74, 6) is 0.198. The van der Waals surface area contributed by atoms with Crippen molar-refractivity contribution in [1.29, 1.82) is 0 Å². The third-order valence-corrected chi connectivity index (χ3v) is 3.50. The molecule has 1 aromatic carbocycles. The van der Waals surface area contributed by atoms with Crippen molar-refractivity contribution in [3.63, 3.8) is 0 Å². The molecule has 0 fully saturated rings. The lowest BCUT2D eigenvalue weighted by molar-refractivity contribution is 0.0932. The zero-order chi connectivity index (χ0) is 17.4. The van der Waals surface area contributed by atoms with Crippen molar-refractivity contribution in [1.82, 2.24) is 15.3 Å². The lowest BCUT2D eigenvalue weighted by Gasteiger charge is -2.09. The van der Waals surface area contributed by atoms with E-state index >= 15 is 0 Å².